The molecule has 4 aromatic carbocycles. The van der Waals surface area contributed by atoms with Gasteiger partial charge < -0.3 is 19.7 Å². The molecule has 0 bridgehead atoms. The number of carboxylic acid groups (broad SMARTS) is 1. The fourth-order valence-corrected chi connectivity index (χ4v) is 11.1. The molecule has 1 amide bonds. The van der Waals surface area contributed by atoms with Crippen molar-refractivity contribution in [2.24, 2.45) is 4.99 Å². The summed E-state index contributed by atoms with van der Waals surface area (Å²) in [6, 6.07) is 12.8. The van der Waals surface area contributed by atoms with E-state index in [1.165, 1.54) is 31.3 Å². The first kappa shape index (κ1) is 53.1. The third-order valence-corrected chi connectivity index (χ3v) is 15.6. The van der Waals surface area contributed by atoms with E-state index in [1.54, 1.807) is 0 Å². The van der Waals surface area contributed by atoms with E-state index >= 15 is 0 Å². The quantitative estimate of drug-likeness (QED) is 0.0479. The van der Waals surface area contributed by atoms with Gasteiger partial charge in [-0.15, -0.1) is 0 Å². The number of carbonyl (C=O) groups is 2. The van der Waals surface area contributed by atoms with Crippen LogP contribution >= 0.6 is 0 Å². The lowest BCUT2D eigenvalue weighted by molar-refractivity contribution is -0.137. The predicted molar refractivity (Wildman–Crippen MR) is 240 cm³/mol. The van der Waals surface area contributed by atoms with Crippen molar-refractivity contribution in [3.63, 3.8) is 0 Å². The highest BCUT2D eigenvalue weighted by molar-refractivity contribution is 7.87. The first-order chi connectivity index (χ1) is 32.2. The number of hydrogen-bond donors (Lipinski definition) is 8. The zero-order chi connectivity index (χ0) is 52.1. The number of carbonyl (C=O) groups excluding carboxylic acids is 1. The van der Waals surface area contributed by atoms with E-state index in [0.29, 0.717) is 12.1 Å². The fraction of sp³-hybridized carbons (Fsp3) is 0.154. The number of amides is 1. The van der Waals surface area contributed by atoms with E-state index in [9.17, 15) is 87.4 Å². The van der Waals surface area contributed by atoms with Gasteiger partial charge in [-0.1, -0.05) is 30.3 Å². The Morgan fingerprint density at radius 2 is 1.16 bits per heavy atom. The van der Waals surface area contributed by atoms with Crippen molar-refractivity contribution in [3.8, 4) is 22.5 Å². The molecule has 25 nitrogen and oxygen atoms in total. The Hall–Kier alpha value is -6.23. The van der Waals surface area contributed by atoms with Crippen molar-refractivity contribution in [2.45, 2.75) is 55.3 Å². The van der Waals surface area contributed by atoms with Crippen LogP contribution < -0.4 is 10.7 Å². The average molecular weight is 1090 g/mol. The number of nitrogens with one attached hydrogen (secondary N) is 1. The van der Waals surface area contributed by atoms with Gasteiger partial charge >= 0.3 is 5.97 Å². The molecule has 374 valence electrons. The molecule has 0 fully saturated rings. The predicted octanol–water partition coefficient (Wildman–Crippen LogP) is 3.33. The van der Waals surface area contributed by atoms with Gasteiger partial charge in [0.2, 0.25) is 0 Å². The van der Waals surface area contributed by atoms with Crippen molar-refractivity contribution in [1.82, 2.24) is 4.90 Å². The summed E-state index contributed by atoms with van der Waals surface area (Å²) in [5.74, 6) is -2.29. The fourth-order valence-electron chi connectivity index (χ4n) is 7.07. The monoisotopic (exact) mass is 1090 g/mol. The van der Waals surface area contributed by atoms with Crippen molar-refractivity contribution in [2.75, 3.05) is 18.9 Å². The van der Waals surface area contributed by atoms with Crippen LogP contribution in [0.2, 0.25) is 0 Å². The van der Waals surface area contributed by atoms with Gasteiger partial charge in [-0.2, -0.15) is 50.5 Å². The van der Waals surface area contributed by atoms with Crippen molar-refractivity contribution in [3.05, 3.63) is 107 Å². The first-order valence-corrected chi connectivity index (χ1v) is 27.8. The van der Waals surface area contributed by atoms with E-state index in [0.717, 1.165) is 53.4 Å². The summed E-state index contributed by atoms with van der Waals surface area (Å²) >= 11 is 0. The Morgan fingerprint density at radius 3 is 1.70 bits per heavy atom. The van der Waals surface area contributed by atoms with E-state index < -0.39 is 137 Å². The molecule has 0 saturated carbocycles. The second kappa shape index (κ2) is 19.2. The lowest BCUT2D eigenvalue weighted by Gasteiger charge is -2.22. The average Bonchev–Trinajstić information content (AvgIpc) is 3.23. The van der Waals surface area contributed by atoms with Crippen LogP contribution in [0.1, 0.15) is 34.3 Å². The molecule has 2 aliphatic rings. The molecule has 70 heavy (non-hydrogen) atoms. The van der Waals surface area contributed by atoms with Crippen LogP contribution in [-0.2, 0) is 78.6 Å². The SMILES string of the molecule is CN(CCCC(=O)O)C(=O)c1ccccc1-c1c2cc(S(=O)(=O)O)c(=NCc3ccc(S(=O)(=O)O)cc3S(=O)(=O)O)cc-2oc2cc(NCc3ccc(S(=O)(=O)O)cc3S(=O)(=O)O)c(S(=O)(=O)O)cc12. The van der Waals surface area contributed by atoms with E-state index in [-0.39, 0.29) is 58.4 Å². The normalized spacial score (nSPS) is 13.2. The van der Waals surface area contributed by atoms with Gasteiger partial charge in [0.15, 0.2) is 0 Å². The standard InChI is InChI=1S/C39H35N3O22S6/c1-42(12-4-7-37(43)44)39(45)26-6-3-2-5-25(26)38-27-15-35(69(58,59)60)29(40-19-21-8-10-23(65(46,47)48)13-33(21)67(52,53)54)17-31(27)64-32-18-30(36(16-28(32)38)70(61,62)63)41-20-22-9-11-24(66(49,50)51)14-34(22)68(55,56)57/h2-3,5-6,8-11,13-18,40H,4,7,12,19-20H2,1H3,(H,43,44)(H,46,47,48)(H,49,50,51)(H,52,53,54)(H,55,56,57)(H,58,59,60)(H,61,62,63). The van der Waals surface area contributed by atoms with Crippen molar-refractivity contribution in [1.29, 1.82) is 0 Å². The summed E-state index contributed by atoms with van der Waals surface area (Å²) in [7, 11) is -30.0. The number of rotatable bonds is 17. The molecule has 0 saturated heterocycles. The molecule has 4 aromatic rings. The molecule has 0 atom stereocenters. The van der Waals surface area contributed by atoms with Gasteiger partial charge in [-0.05, 0) is 65.6 Å². The van der Waals surface area contributed by atoms with Crippen LogP contribution in [0.5, 0.6) is 0 Å². The van der Waals surface area contributed by atoms with Gasteiger partial charge in [-0.3, -0.25) is 41.9 Å². The van der Waals surface area contributed by atoms with Gasteiger partial charge in [-0.25, -0.2) is 0 Å². The summed E-state index contributed by atoms with van der Waals surface area (Å²) in [5, 5.41) is 10.7. The molecule has 0 unspecified atom stereocenters. The third-order valence-electron chi connectivity index (χ3n) is 10.2. The molecule has 31 heteroatoms. The minimum atomic E-state index is -5.39. The molecule has 1 aliphatic carbocycles. The number of fused-ring (bicyclic) bond motifs is 2. The highest BCUT2D eigenvalue weighted by Crippen LogP contribution is 2.44. The second-order valence-corrected chi connectivity index (χ2v) is 23.4. The molecule has 0 spiro atoms. The number of hydrogen-bond acceptors (Lipinski definition) is 17. The smallest absolute Gasteiger partial charge is 0.303 e. The summed E-state index contributed by atoms with van der Waals surface area (Å²) in [6.45, 7) is -1.75. The molecule has 6 rings (SSSR count). The summed E-state index contributed by atoms with van der Waals surface area (Å²) in [4.78, 5) is 24.5. The summed E-state index contributed by atoms with van der Waals surface area (Å²) < 4.78 is 215. The Labute approximate surface area is 397 Å². The van der Waals surface area contributed by atoms with Crippen LogP contribution in [0.25, 0.3) is 33.4 Å². The number of aliphatic carboxylic acids is 1. The minimum absolute atomic E-state index is 0.000124. The highest BCUT2D eigenvalue weighted by Gasteiger charge is 2.30. The van der Waals surface area contributed by atoms with Crippen LogP contribution in [0.3, 0.4) is 0 Å². The van der Waals surface area contributed by atoms with E-state index in [2.05, 4.69) is 10.3 Å². The third kappa shape index (κ3) is 11.8. The largest absolute Gasteiger partial charge is 0.481 e. The molecule has 1 aliphatic heterocycles. The number of nitrogens with zero attached hydrogens (tertiary/aromatic N) is 2. The maximum absolute atomic E-state index is 14.1. The Kier molecular flexibility index (Phi) is 14.6. The number of benzene rings is 5. The van der Waals surface area contributed by atoms with E-state index in [4.69, 9.17) is 9.52 Å². The van der Waals surface area contributed by atoms with Crippen molar-refractivity contribution < 1.29 is 96.9 Å². The molecule has 0 aromatic heterocycles. The van der Waals surface area contributed by atoms with Crippen LogP contribution in [-0.4, -0.2) is 113 Å². The lowest BCUT2D eigenvalue weighted by Crippen LogP contribution is -2.28. The number of carboxylic acids is 1. The van der Waals surface area contributed by atoms with Gasteiger partial charge in [0.05, 0.1) is 27.4 Å². The van der Waals surface area contributed by atoms with Gasteiger partial charge in [0, 0.05) is 60.8 Å². The zero-order valence-electron chi connectivity index (χ0n) is 35.2. The Bertz CT molecular complexity index is 3910. The molecular formula is C39H35N3O22S6. The maximum atomic E-state index is 14.1. The van der Waals surface area contributed by atoms with Crippen LogP contribution in [0.4, 0.5) is 5.69 Å². The maximum Gasteiger partial charge on any atom is 0.303 e. The summed E-state index contributed by atoms with van der Waals surface area (Å²) in [5.41, 5.74) is -2.62. The highest BCUT2D eigenvalue weighted by atomic mass is 32.2. The topological polar surface area (TPSA) is 421 Å². The Morgan fingerprint density at radius 1 is 0.614 bits per heavy atom. The Balaban J connectivity index is 1.68. The van der Waals surface area contributed by atoms with Gasteiger partial charge in [0.25, 0.3) is 66.6 Å². The van der Waals surface area contributed by atoms with Crippen LogP contribution in [0.15, 0.2) is 124 Å². The lowest BCUT2D eigenvalue weighted by atomic mass is 9.90. The first-order valence-electron chi connectivity index (χ1n) is 19.2. The molecule has 0 radical (unpaired) electrons. The van der Waals surface area contributed by atoms with Gasteiger partial charge in [0.1, 0.15) is 30.9 Å². The summed E-state index contributed by atoms with van der Waals surface area (Å²) in [6.07, 6.45) is -0.324. The van der Waals surface area contributed by atoms with E-state index in [1.807, 2.05) is 0 Å². The zero-order valence-corrected chi connectivity index (χ0v) is 40.1. The van der Waals surface area contributed by atoms with Crippen LogP contribution in [0, 0.1) is 0 Å². The number of anilines is 1. The molecule has 8 N–H and O–H groups in total. The minimum Gasteiger partial charge on any atom is -0.481 e. The molecule has 1 heterocycles. The van der Waals surface area contributed by atoms with Crippen molar-refractivity contribution >= 4 is 89.2 Å². The molecular weight excluding hydrogens is 1050 g/mol. The second-order valence-electron chi connectivity index (χ2n) is 15.0.